The summed E-state index contributed by atoms with van der Waals surface area (Å²) in [5, 5.41) is 8.86. The normalized spacial score (nSPS) is 12.7. The zero-order valence-corrected chi connectivity index (χ0v) is 27.3. The van der Waals surface area contributed by atoms with Gasteiger partial charge in [-0.25, -0.2) is 0 Å². The third-order valence-corrected chi connectivity index (χ3v) is 8.41. The van der Waals surface area contributed by atoms with Crippen LogP contribution in [0.2, 0.25) is 0 Å². The molecule has 0 spiro atoms. The number of unbranched alkanes of at least 4 members (excludes halogenated alkanes) is 1. The van der Waals surface area contributed by atoms with Gasteiger partial charge in [-0.1, -0.05) is 24.3 Å². The number of imidazole rings is 2. The quantitative estimate of drug-likeness (QED) is 0.225. The van der Waals surface area contributed by atoms with Crippen molar-refractivity contribution in [3.63, 3.8) is 0 Å². The van der Waals surface area contributed by atoms with Gasteiger partial charge in [0.15, 0.2) is 0 Å². The monoisotopic (exact) mass is 620 g/mol. The van der Waals surface area contributed by atoms with Crippen LogP contribution in [0.4, 0.5) is 0 Å². The van der Waals surface area contributed by atoms with Gasteiger partial charge in [0, 0.05) is 40.3 Å². The maximum atomic E-state index is 13.4. The maximum absolute atomic E-state index is 13.4. The van der Waals surface area contributed by atoms with Crippen molar-refractivity contribution in [2.24, 2.45) is 24.1 Å². The van der Waals surface area contributed by atoms with E-state index in [1.165, 1.54) is 0 Å². The molecule has 0 saturated heterocycles. The van der Waals surface area contributed by atoms with Crippen LogP contribution in [0.3, 0.4) is 0 Å². The van der Waals surface area contributed by atoms with Crippen LogP contribution in [-0.4, -0.2) is 49.6 Å². The fraction of sp³-hybridized carbons (Fsp3) is 0.353. The minimum atomic E-state index is -0.316. The van der Waals surface area contributed by atoms with E-state index in [1.54, 1.807) is 21.5 Å². The molecule has 4 heterocycles. The van der Waals surface area contributed by atoms with E-state index in [9.17, 15) is 9.59 Å². The van der Waals surface area contributed by atoms with Gasteiger partial charge in [-0.2, -0.15) is 20.2 Å². The Morgan fingerprint density at radius 1 is 0.630 bits per heavy atom. The number of hydrogen-bond donors (Lipinski definition) is 0. The first-order chi connectivity index (χ1) is 22.2. The van der Waals surface area contributed by atoms with Crippen molar-refractivity contribution in [2.75, 3.05) is 0 Å². The molecule has 238 valence electrons. The third kappa shape index (κ3) is 5.55. The number of carbonyl (C=O) groups is 2. The number of carbonyl (C=O) groups excluding carboxylic acids is 2. The first kappa shape index (κ1) is 30.8. The van der Waals surface area contributed by atoms with Gasteiger partial charge in [-0.15, -0.1) is 0 Å². The van der Waals surface area contributed by atoms with Crippen LogP contribution in [-0.2, 0) is 40.3 Å². The lowest BCUT2D eigenvalue weighted by atomic mass is 10.2. The summed E-state index contributed by atoms with van der Waals surface area (Å²) in [6.07, 6.45) is 1.62. The van der Waals surface area contributed by atoms with E-state index in [4.69, 9.17) is 0 Å². The van der Waals surface area contributed by atoms with E-state index in [0.717, 1.165) is 46.3 Å². The van der Waals surface area contributed by atoms with Gasteiger partial charge in [0.1, 0.15) is 11.4 Å². The molecule has 0 unspecified atom stereocenters. The summed E-state index contributed by atoms with van der Waals surface area (Å²) in [7, 11) is 3.88. The summed E-state index contributed by atoms with van der Waals surface area (Å²) in [4.78, 5) is 36.0. The number of rotatable bonds is 9. The van der Waals surface area contributed by atoms with Crippen molar-refractivity contribution in [2.45, 2.75) is 66.7 Å². The zero-order chi connectivity index (χ0) is 32.5. The number of para-hydroxylation sites is 4. The van der Waals surface area contributed by atoms with Gasteiger partial charge in [0.05, 0.1) is 33.5 Å². The number of aryl methyl sites for hydroxylation is 8. The van der Waals surface area contributed by atoms with E-state index in [2.05, 4.69) is 41.4 Å². The van der Waals surface area contributed by atoms with Crippen LogP contribution in [0, 0.1) is 13.8 Å². The van der Waals surface area contributed by atoms with Crippen LogP contribution in [0.5, 0.6) is 0 Å². The molecule has 0 saturated carbocycles. The summed E-state index contributed by atoms with van der Waals surface area (Å²) < 4.78 is 11.6. The molecule has 12 nitrogen and oxygen atoms in total. The molecule has 0 fully saturated rings. The molecule has 0 aliphatic rings. The molecule has 2 aromatic carbocycles. The standard InChI is InChI=1S/C34H40N10O2/c1-7-43-29(21-23(3)37-43)31(45)35-33-39(5)25-15-9-11-17-27(25)41(33)19-13-14-20-42-28-18-12-10-16-26(28)40(6)34(42)36-32(46)30-22-24(4)38-44(30)8-2/h9-12,15-18,21-22H,7-8,13-14,19-20H2,1-6H3/b35-33+,36-34+. The van der Waals surface area contributed by atoms with Gasteiger partial charge in [0.25, 0.3) is 11.8 Å². The molecule has 0 radical (unpaired) electrons. The highest BCUT2D eigenvalue weighted by molar-refractivity contribution is 5.94. The Morgan fingerprint density at radius 2 is 1.00 bits per heavy atom. The maximum Gasteiger partial charge on any atom is 0.298 e. The van der Waals surface area contributed by atoms with E-state index < -0.39 is 0 Å². The Labute approximate surface area is 266 Å². The molecule has 0 aliphatic heterocycles. The molecule has 6 aromatic rings. The third-order valence-electron chi connectivity index (χ3n) is 8.41. The van der Waals surface area contributed by atoms with E-state index in [1.807, 2.05) is 87.3 Å². The van der Waals surface area contributed by atoms with E-state index >= 15 is 0 Å². The Kier molecular flexibility index (Phi) is 8.44. The summed E-state index contributed by atoms with van der Waals surface area (Å²) in [5.41, 5.74) is 7.74. The largest absolute Gasteiger partial charge is 0.313 e. The van der Waals surface area contributed by atoms with E-state index in [-0.39, 0.29) is 11.8 Å². The van der Waals surface area contributed by atoms with Crippen molar-refractivity contribution < 1.29 is 9.59 Å². The van der Waals surface area contributed by atoms with Gasteiger partial charge in [0.2, 0.25) is 11.2 Å². The van der Waals surface area contributed by atoms with Gasteiger partial charge in [-0.3, -0.25) is 19.0 Å². The van der Waals surface area contributed by atoms with Gasteiger partial charge < -0.3 is 18.3 Å². The predicted octanol–water partition coefficient (Wildman–Crippen LogP) is 4.29. The number of hydrogen-bond acceptors (Lipinski definition) is 4. The number of nitrogens with zero attached hydrogens (tertiary/aromatic N) is 10. The predicted molar refractivity (Wildman–Crippen MR) is 176 cm³/mol. The molecule has 6 rings (SSSR count). The first-order valence-corrected chi connectivity index (χ1v) is 15.8. The number of benzene rings is 2. The molecular formula is C34H40N10O2. The highest BCUT2D eigenvalue weighted by Gasteiger charge is 2.17. The topological polar surface area (TPSA) is 114 Å². The van der Waals surface area contributed by atoms with Crippen LogP contribution in [0.1, 0.15) is 59.1 Å². The molecule has 0 atom stereocenters. The SMILES string of the molecule is CCn1nc(C)cc1C(=O)/N=c1\n(C)c2ccccc2n1CCCCn1/c(=N/C(=O)c2cc(C)nn2CC)n(C)c2ccccc21. The molecular weight excluding hydrogens is 580 g/mol. The van der Waals surface area contributed by atoms with Crippen molar-refractivity contribution in [1.82, 2.24) is 37.8 Å². The lowest BCUT2D eigenvalue weighted by molar-refractivity contribution is 0.0977. The number of amides is 2. The summed E-state index contributed by atoms with van der Waals surface area (Å²) in [6.45, 7) is 10.2. The molecule has 0 aliphatic carbocycles. The Balaban J connectivity index is 1.31. The van der Waals surface area contributed by atoms with Crippen molar-refractivity contribution >= 4 is 33.9 Å². The molecule has 12 heteroatoms. The minimum absolute atomic E-state index is 0.316. The average Bonchev–Trinajstić information content (AvgIpc) is 3.78. The minimum Gasteiger partial charge on any atom is -0.313 e. The molecule has 0 N–H and O–H groups in total. The fourth-order valence-corrected chi connectivity index (χ4v) is 6.21. The second-order valence-corrected chi connectivity index (χ2v) is 11.5. The highest BCUT2D eigenvalue weighted by atomic mass is 16.2. The first-order valence-electron chi connectivity index (χ1n) is 15.8. The second kappa shape index (κ2) is 12.6. The second-order valence-electron chi connectivity index (χ2n) is 11.5. The van der Waals surface area contributed by atoms with Crippen LogP contribution >= 0.6 is 0 Å². The summed E-state index contributed by atoms with van der Waals surface area (Å²) in [6, 6.07) is 19.8. The smallest absolute Gasteiger partial charge is 0.298 e. The number of aromatic nitrogens is 8. The lowest BCUT2D eigenvalue weighted by Gasteiger charge is -2.08. The van der Waals surface area contributed by atoms with Gasteiger partial charge in [-0.05, 0) is 76.9 Å². The van der Waals surface area contributed by atoms with Gasteiger partial charge >= 0.3 is 0 Å². The van der Waals surface area contributed by atoms with E-state index in [0.29, 0.717) is 48.8 Å². The van der Waals surface area contributed by atoms with Crippen molar-refractivity contribution in [1.29, 1.82) is 0 Å². The zero-order valence-electron chi connectivity index (χ0n) is 27.3. The van der Waals surface area contributed by atoms with Crippen LogP contribution in [0.15, 0.2) is 70.6 Å². The Bertz CT molecular complexity index is 2070. The Morgan fingerprint density at radius 3 is 1.37 bits per heavy atom. The fourth-order valence-electron chi connectivity index (χ4n) is 6.21. The number of fused-ring (bicyclic) bond motifs is 2. The van der Waals surface area contributed by atoms with Crippen molar-refractivity contribution in [3.8, 4) is 0 Å². The summed E-state index contributed by atoms with van der Waals surface area (Å²) in [5.74, 6) is -0.632. The van der Waals surface area contributed by atoms with Crippen LogP contribution in [0.25, 0.3) is 22.1 Å². The van der Waals surface area contributed by atoms with Crippen LogP contribution < -0.4 is 11.2 Å². The molecule has 46 heavy (non-hydrogen) atoms. The highest BCUT2D eigenvalue weighted by Crippen LogP contribution is 2.16. The van der Waals surface area contributed by atoms with Crippen molar-refractivity contribution in [3.05, 3.63) is 94.7 Å². The summed E-state index contributed by atoms with van der Waals surface area (Å²) >= 11 is 0. The Hall–Kier alpha value is -5.26. The molecule has 0 bridgehead atoms. The molecule has 4 aromatic heterocycles. The average molecular weight is 621 g/mol. The molecule has 2 amide bonds. The lowest BCUT2D eigenvalue weighted by Crippen LogP contribution is -2.28.